The summed E-state index contributed by atoms with van der Waals surface area (Å²) in [6, 6.07) is -1.03. The molecular weight excluding hydrogens is 238 g/mol. The third-order valence-electron chi connectivity index (χ3n) is 2.84. The molecule has 2 atom stereocenters. The molecule has 0 aromatic carbocycles. The molecule has 6 nitrogen and oxygen atoms in total. The molecule has 0 bridgehead atoms. The van der Waals surface area contributed by atoms with Gasteiger partial charge in [0.1, 0.15) is 6.04 Å². The molecule has 0 radical (unpaired) electrons. The average Bonchev–Trinajstić information content (AvgIpc) is 3.11. The normalized spacial score (nSPS) is 17.7. The van der Waals surface area contributed by atoms with Gasteiger partial charge in [0.25, 0.3) is 0 Å². The first-order valence-corrected chi connectivity index (χ1v) is 6.15. The molecule has 1 amide bonds. The molecule has 0 saturated heterocycles. The highest BCUT2D eigenvalue weighted by Crippen LogP contribution is 2.29. The second kappa shape index (κ2) is 6.37. The van der Waals surface area contributed by atoms with Gasteiger partial charge >= 0.3 is 11.9 Å². The van der Waals surface area contributed by atoms with Gasteiger partial charge in [-0.3, -0.25) is 9.59 Å². The molecule has 102 valence electrons. The van der Waals surface area contributed by atoms with E-state index >= 15 is 0 Å². The number of carbonyl (C=O) groups is 3. The molecule has 0 unspecified atom stereocenters. The molecule has 1 rings (SSSR count). The number of hydrogen-bond acceptors (Lipinski definition) is 4. The Kier molecular flexibility index (Phi) is 5.12. The lowest BCUT2D eigenvalue weighted by atomic mass is 10.0. The van der Waals surface area contributed by atoms with Gasteiger partial charge in [0, 0.05) is 5.92 Å². The number of aliphatic carboxylic acids is 1. The van der Waals surface area contributed by atoms with Gasteiger partial charge in [-0.05, 0) is 26.2 Å². The molecule has 1 aliphatic rings. The molecule has 0 aromatic heterocycles. The highest BCUT2D eigenvalue weighted by molar-refractivity contribution is 5.86. The number of ether oxygens (including phenoxy) is 1. The topological polar surface area (TPSA) is 92.7 Å². The van der Waals surface area contributed by atoms with Crippen molar-refractivity contribution in [2.45, 2.75) is 39.2 Å². The Morgan fingerprint density at radius 1 is 1.39 bits per heavy atom. The van der Waals surface area contributed by atoms with Crippen molar-refractivity contribution in [3.63, 3.8) is 0 Å². The SMILES string of the molecule is CCOC(=O)[C@@H](C)C[C@H](NC(=O)C1CC1)C(=O)O. The summed E-state index contributed by atoms with van der Waals surface area (Å²) >= 11 is 0. The molecule has 6 heteroatoms. The second-order valence-electron chi connectivity index (χ2n) is 4.56. The Labute approximate surface area is 106 Å². The van der Waals surface area contributed by atoms with Crippen LogP contribution in [0, 0.1) is 11.8 Å². The zero-order chi connectivity index (χ0) is 13.7. The van der Waals surface area contributed by atoms with Crippen molar-refractivity contribution in [3.05, 3.63) is 0 Å². The fourth-order valence-electron chi connectivity index (χ4n) is 1.59. The Hall–Kier alpha value is -1.59. The fourth-order valence-corrected chi connectivity index (χ4v) is 1.59. The van der Waals surface area contributed by atoms with E-state index in [1.54, 1.807) is 13.8 Å². The number of rotatable bonds is 7. The third-order valence-corrected chi connectivity index (χ3v) is 2.84. The van der Waals surface area contributed by atoms with E-state index in [-0.39, 0.29) is 24.9 Å². The maximum atomic E-state index is 11.5. The molecule has 18 heavy (non-hydrogen) atoms. The molecule has 0 heterocycles. The van der Waals surface area contributed by atoms with Gasteiger partial charge in [-0.25, -0.2) is 4.79 Å². The molecule has 0 aliphatic heterocycles. The summed E-state index contributed by atoms with van der Waals surface area (Å²) in [6.45, 7) is 3.54. The van der Waals surface area contributed by atoms with Gasteiger partial charge < -0.3 is 15.2 Å². The molecule has 0 spiro atoms. The number of nitrogens with one attached hydrogen (secondary N) is 1. The van der Waals surface area contributed by atoms with Gasteiger partial charge in [-0.2, -0.15) is 0 Å². The van der Waals surface area contributed by atoms with Crippen molar-refractivity contribution in [2.24, 2.45) is 11.8 Å². The van der Waals surface area contributed by atoms with Crippen LogP contribution in [0.4, 0.5) is 0 Å². The summed E-state index contributed by atoms with van der Waals surface area (Å²) in [4.78, 5) is 33.9. The van der Waals surface area contributed by atoms with E-state index < -0.39 is 23.9 Å². The highest BCUT2D eigenvalue weighted by Gasteiger charge is 2.33. The summed E-state index contributed by atoms with van der Waals surface area (Å²) < 4.78 is 4.80. The first-order chi connectivity index (χ1) is 8.45. The van der Waals surface area contributed by atoms with Gasteiger partial charge in [0.15, 0.2) is 0 Å². The Balaban J connectivity index is 2.48. The maximum Gasteiger partial charge on any atom is 0.326 e. The summed E-state index contributed by atoms with van der Waals surface area (Å²) in [5.41, 5.74) is 0. The summed E-state index contributed by atoms with van der Waals surface area (Å²) in [7, 11) is 0. The van der Waals surface area contributed by atoms with Gasteiger partial charge in [0.05, 0.1) is 12.5 Å². The third kappa shape index (κ3) is 4.35. The van der Waals surface area contributed by atoms with Crippen molar-refractivity contribution < 1.29 is 24.2 Å². The quantitative estimate of drug-likeness (QED) is 0.650. The van der Waals surface area contributed by atoms with E-state index in [9.17, 15) is 14.4 Å². The smallest absolute Gasteiger partial charge is 0.326 e. The minimum atomic E-state index is -1.12. The van der Waals surface area contributed by atoms with Crippen LogP contribution in [0.3, 0.4) is 0 Å². The average molecular weight is 257 g/mol. The zero-order valence-electron chi connectivity index (χ0n) is 10.6. The predicted octanol–water partition coefficient (Wildman–Crippen LogP) is 0.555. The number of amides is 1. The minimum Gasteiger partial charge on any atom is -0.480 e. The van der Waals surface area contributed by atoms with E-state index in [4.69, 9.17) is 9.84 Å². The standard InChI is InChI=1S/C12H19NO5/c1-3-18-12(17)7(2)6-9(11(15)16)13-10(14)8-4-5-8/h7-9H,3-6H2,1-2H3,(H,13,14)(H,15,16)/t7-,9-/m0/s1. The first kappa shape index (κ1) is 14.5. The number of carboxylic acids is 1. The number of carbonyl (C=O) groups excluding carboxylic acids is 2. The van der Waals surface area contributed by atoms with Gasteiger partial charge in [-0.15, -0.1) is 0 Å². The monoisotopic (exact) mass is 257 g/mol. The van der Waals surface area contributed by atoms with E-state index in [0.717, 1.165) is 12.8 Å². The Bertz CT molecular complexity index is 337. The van der Waals surface area contributed by atoms with Crippen LogP contribution in [0.1, 0.15) is 33.1 Å². The maximum absolute atomic E-state index is 11.5. The van der Waals surface area contributed by atoms with E-state index in [0.29, 0.717) is 0 Å². The molecule has 2 N–H and O–H groups in total. The van der Waals surface area contributed by atoms with Crippen LogP contribution in [0.2, 0.25) is 0 Å². The van der Waals surface area contributed by atoms with Crippen LogP contribution in [-0.2, 0) is 19.1 Å². The lowest BCUT2D eigenvalue weighted by molar-refractivity contribution is -0.149. The molecule has 1 saturated carbocycles. The van der Waals surface area contributed by atoms with Crippen molar-refractivity contribution >= 4 is 17.8 Å². The molecule has 1 aliphatic carbocycles. The Morgan fingerprint density at radius 3 is 2.44 bits per heavy atom. The van der Waals surface area contributed by atoms with Crippen molar-refractivity contribution in [1.29, 1.82) is 0 Å². The van der Waals surface area contributed by atoms with Crippen molar-refractivity contribution in [2.75, 3.05) is 6.61 Å². The van der Waals surface area contributed by atoms with E-state index in [1.807, 2.05) is 0 Å². The highest BCUT2D eigenvalue weighted by atomic mass is 16.5. The van der Waals surface area contributed by atoms with E-state index in [2.05, 4.69) is 5.32 Å². The summed E-state index contributed by atoms with van der Waals surface area (Å²) in [5.74, 6) is -2.40. The Morgan fingerprint density at radius 2 is 2.00 bits per heavy atom. The van der Waals surface area contributed by atoms with Crippen LogP contribution in [0.15, 0.2) is 0 Å². The lowest BCUT2D eigenvalue weighted by Crippen LogP contribution is -2.43. The minimum absolute atomic E-state index is 0.0482. The predicted molar refractivity (Wildman–Crippen MR) is 62.7 cm³/mol. The van der Waals surface area contributed by atoms with Crippen LogP contribution >= 0.6 is 0 Å². The fraction of sp³-hybridized carbons (Fsp3) is 0.750. The van der Waals surface area contributed by atoms with Crippen LogP contribution in [0.25, 0.3) is 0 Å². The zero-order valence-corrected chi connectivity index (χ0v) is 10.6. The van der Waals surface area contributed by atoms with Gasteiger partial charge in [-0.1, -0.05) is 6.92 Å². The first-order valence-electron chi connectivity index (χ1n) is 6.15. The number of esters is 1. The summed E-state index contributed by atoms with van der Waals surface area (Å²) in [5, 5.41) is 11.5. The molecule has 0 aromatic rings. The van der Waals surface area contributed by atoms with E-state index in [1.165, 1.54) is 0 Å². The number of hydrogen-bond donors (Lipinski definition) is 2. The van der Waals surface area contributed by atoms with Gasteiger partial charge in [0.2, 0.25) is 5.91 Å². The number of carboxylic acid groups (broad SMARTS) is 1. The van der Waals surface area contributed by atoms with Crippen molar-refractivity contribution in [1.82, 2.24) is 5.32 Å². The van der Waals surface area contributed by atoms with Crippen LogP contribution in [-0.4, -0.2) is 35.6 Å². The molecular formula is C12H19NO5. The largest absolute Gasteiger partial charge is 0.480 e. The molecule has 1 fully saturated rings. The summed E-state index contributed by atoms with van der Waals surface area (Å²) in [6.07, 6.45) is 1.67. The van der Waals surface area contributed by atoms with Crippen LogP contribution < -0.4 is 5.32 Å². The van der Waals surface area contributed by atoms with Crippen molar-refractivity contribution in [3.8, 4) is 0 Å². The lowest BCUT2D eigenvalue weighted by Gasteiger charge is -2.17. The van der Waals surface area contributed by atoms with Crippen LogP contribution in [0.5, 0.6) is 0 Å². The second-order valence-corrected chi connectivity index (χ2v) is 4.56.